The molecule has 0 N–H and O–H groups in total. The maximum atomic E-state index is 10.4. The van der Waals surface area contributed by atoms with Gasteiger partial charge in [-0.25, -0.2) is 8.42 Å². The maximum absolute atomic E-state index is 10.4. The molecule has 0 unspecified atom stereocenters. The summed E-state index contributed by atoms with van der Waals surface area (Å²) < 4.78 is 20.7. The van der Waals surface area contributed by atoms with E-state index < -0.39 is 10.7 Å². The fourth-order valence-electron chi connectivity index (χ4n) is 0.639. The van der Waals surface area contributed by atoms with Gasteiger partial charge < -0.3 is 0 Å². The van der Waals surface area contributed by atoms with Crippen molar-refractivity contribution in [3.8, 4) is 0 Å². The van der Waals surface area contributed by atoms with Crippen LogP contribution in [0.4, 0.5) is 0 Å². The molecule has 0 amide bonds. The van der Waals surface area contributed by atoms with Crippen LogP contribution < -0.4 is 0 Å². The molecule has 1 aromatic rings. The third kappa shape index (κ3) is 1.54. The van der Waals surface area contributed by atoms with Gasteiger partial charge in [0.2, 0.25) is 0 Å². The number of thiol groups is 1. The van der Waals surface area contributed by atoms with Crippen molar-refractivity contribution in [3.05, 3.63) is 24.0 Å². The van der Waals surface area contributed by atoms with E-state index in [0.717, 1.165) is 5.56 Å². The Balaban J connectivity index is 3.19. The lowest BCUT2D eigenvalue weighted by atomic mass is 10.3. The number of aromatic nitrogens is 1. The Morgan fingerprint density at radius 3 is 2.50 bits per heavy atom. The Labute approximate surface area is 60.7 Å². The van der Waals surface area contributed by atoms with Crippen LogP contribution in [0.3, 0.4) is 0 Å². The molecule has 10 heavy (non-hydrogen) atoms. The van der Waals surface area contributed by atoms with Gasteiger partial charge in [-0.15, -0.1) is 0 Å². The first-order valence-corrected chi connectivity index (χ1v) is 3.94. The molecule has 0 spiro atoms. The average molecular weight is 157 g/mol. The average Bonchev–Trinajstić information content (AvgIpc) is 1.88. The lowest BCUT2D eigenvalue weighted by molar-refractivity contribution is 0.614. The highest BCUT2D eigenvalue weighted by molar-refractivity contribution is 7.72. The van der Waals surface area contributed by atoms with Crippen LogP contribution in [0.2, 0.25) is 0 Å². The first-order chi connectivity index (χ1) is 4.70. The molecule has 1 heterocycles. The summed E-state index contributed by atoms with van der Waals surface area (Å²) in [5, 5.41) is 0. The second kappa shape index (κ2) is 2.79. The van der Waals surface area contributed by atoms with Crippen molar-refractivity contribution in [2.45, 2.75) is 11.8 Å². The molecule has 1 rings (SSSR count). The van der Waals surface area contributed by atoms with E-state index >= 15 is 0 Å². The molecule has 1 aromatic heterocycles. The normalized spacial score (nSPS) is 10.2. The molecule has 0 atom stereocenters. The molecule has 0 radical (unpaired) electrons. The summed E-state index contributed by atoms with van der Waals surface area (Å²) in [7, 11) is -2.47. The van der Waals surface area contributed by atoms with Gasteiger partial charge in [-0.1, -0.05) is 0 Å². The number of nitrogens with zero attached hydrogens (tertiary/aromatic N) is 1. The van der Waals surface area contributed by atoms with E-state index in [0.29, 0.717) is 0 Å². The van der Waals surface area contributed by atoms with E-state index in [9.17, 15) is 8.42 Å². The number of pyridine rings is 1. The van der Waals surface area contributed by atoms with E-state index in [1.54, 1.807) is 19.2 Å². The fraction of sp³-hybridized carbons (Fsp3) is 0.167. The Bertz CT molecular complexity index is 298. The van der Waals surface area contributed by atoms with Crippen LogP contribution in [0.25, 0.3) is 0 Å². The number of rotatable bonds is 1. The Morgan fingerprint density at radius 1 is 1.40 bits per heavy atom. The number of aryl methyl sites for hydroxylation is 1. The summed E-state index contributed by atoms with van der Waals surface area (Å²) in [5.74, 6) is 0. The third-order valence-electron chi connectivity index (χ3n) is 1.07. The van der Waals surface area contributed by atoms with E-state index in [-0.39, 0.29) is 4.90 Å². The van der Waals surface area contributed by atoms with E-state index in [2.05, 4.69) is 4.98 Å². The standard InChI is InChI=1S/C6H7NO2S/c1-5-2-6(10(8)9)4-7-3-5/h2-4,10H,1H3. The highest BCUT2D eigenvalue weighted by atomic mass is 32.2. The van der Waals surface area contributed by atoms with E-state index in [1.807, 2.05) is 0 Å². The molecule has 0 saturated heterocycles. The van der Waals surface area contributed by atoms with Gasteiger partial charge >= 0.3 is 0 Å². The Morgan fingerprint density at radius 2 is 2.10 bits per heavy atom. The SMILES string of the molecule is Cc1cncc([SH](=O)=O)c1. The van der Waals surface area contributed by atoms with Crippen LogP contribution in [0.1, 0.15) is 5.56 Å². The summed E-state index contributed by atoms with van der Waals surface area (Å²) >= 11 is 0. The number of hydrogen-bond acceptors (Lipinski definition) is 3. The van der Waals surface area contributed by atoms with Gasteiger partial charge in [0.25, 0.3) is 0 Å². The lowest BCUT2D eigenvalue weighted by Gasteiger charge is -1.90. The first-order valence-electron chi connectivity index (χ1n) is 2.76. The number of hydrogen-bond donors (Lipinski definition) is 1. The molecular formula is C6H7NO2S. The Hall–Kier alpha value is -0.900. The molecule has 0 aromatic carbocycles. The monoisotopic (exact) mass is 157 g/mol. The summed E-state index contributed by atoms with van der Waals surface area (Å²) in [5.41, 5.74) is 0.858. The lowest BCUT2D eigenvalue weighted by Crippen LogP contribution is -1.83. The molecular weight excluding hydrogens is 150 g/mol. The minimum absolute atomic E-state index is 0.273. The molecule has 0 aliphatic rings. The van der Waals surface area contributed by atoms with Crippen LogP contribution in [0.15, 0.2) is 23.4 Å². The van der Waals surface area contributed by atoms with Gasteiger partial charge in [-0.2, -0.15) is 0 Å². The van der Waals surface area contributed by atoms with Gasteiger partial charge in [-0.3, -0.25) is 4.98 Å². The van der Waals surface area contributed by atoms with Crippen molar-refractivity contribution in [3.63, 3.8) is 0 Å². The van der Waals surface area contributed by atoms with Crippen LogP contribution in [-0.2, 0) is 10.7 Å². The van der Waals surface area contributed by atoms with Gasteiger partial charge in [0, 0.05) is 12.4 Å². The second-order valence-electron chi connectivity index (χ2n) is 1.98. The molecule has 0 aliphatic heterocycles. The van der Waals surface area contributed by atoms with Gasteiger partial charge in [0.05, 0.1) is 4.90 Å². The molecule has 0 saturated carbocycles. The zero-order valence-electron chi connectivity index (χ0n) is 5.44. The molecule has 0 aliphatic carbocycles. The van der Waals surface area contributed by atoms with Gasteiger partial charge in [0.1, 0.15) is 0 Å². The van der Waals surface area contributed by atoms with Gasteiger partial charge in [0.15, 0.2) is 10.7 Å². The molecule has 3 nitrogen and oxygen atoms in total. The van der Waals surface area contributed by atoms with Crippen LogP contribution in [0, 0.1) is 6.92 Å². The summed E-state index contributed by atoms with van der Waals surface area (Å²) in [6.45, 7) is 1.80. The molecule has 0 fully saturated rings. The minimum atomic E-state index is -2.47. The van der Waals surface area contributed by atoms with Crippen molar-refractivity contribution in [1.82, 2.24) is 4.98 Å². The van der Waals surface area contributed by atoms with E-state index in [1.165, 1.54) is 6.20 Å². The predicted octanol–water partition coefficient (Wildman–Crippen LogP) is 0.360. The smallest absolute Gasteiger partial charge is 0.169 e. The van der Waals surface area contributed by atoms with E-state index in [4.69, 9.17) is 0 Å². The van der Waals surface area contributed by atoms with Crippen LogP contribution in [0.5, 0.6) is 0 Å². The first kappa shape index (κ1) is 7.21. The van der Waals surface area contributed by atoms with Crippen LogP contribution in [-0.4, -0.2) is 13.4 Å². The molecule has 54 valence electrons. The predicted molar refractivity (Wildman–Crippen MR) is 37.6 cm³/mol. The van der Waals surface area contributed by atoms with Crippen molar-refractivity contribution in [1.29, 1.82) is 0 Å². The Kier molecular flexibility index (Phi) is 2.01. The van der Waals surface area contributed by atoms with Crippen molar-refractivity contribution >= 4 is 10.7 Å². The largest absolute Gasteiger partial charge is 0.263 e. The fourth-order valence-corrected chi connectivity index (χ4v) is 1.11. The van der Waals surface area contributed by atoms with Crippen molar-refractivity contribution in [2.24, 2.45) is 0 Å². The topological polar surface area (TPSA) is 47.0 Å². The quantitative estimate of drug-likeness (QED) is 0.599. The summed E-state index contributed by atoms with van der Waals surface area (Å²) in [6, 6.07) is 1.58. The highest BCUT2D eigenvalue weighted by Crippen LogP contribution is 2.00. The third-order valence-corrected chi connectivity index (χ3v) is 1.74. The minimum Gasteiger partial charge on any atom is -0.263 e. The van der Waals surface area contributed by atoms with Gasteiger partial charge in [-0.05, 0) is 18.6 Å². The van der Waals surface area contributed by atoms with Crippen molar-refractivity contribution in [2.75, 3.05) is 0 Å². The van der Waals surface area contributed by atoms with Crippen LogP contribution >= 0.6 is 0 Å². The maximum Gasteiger partial charge on any atom is 0.169 e. The zero-order valence-corrected chi connectivity index (χ0v) is 6.34. The summed E-state index contributed by atoms with van der Waals surface area (Å²) in [4.78, 5) is 3.99. The van der Waals surface area contributed by atoms with Crippen molar-refractivity contribution < 1.29 is 8.42 Å². The summed E-state index contributed by atoms with van der Waals surface area (Å²) in [6.07, 6.45) is 2.95. The highest BCUT2D eigenvalue weighted by Gasteiger charge is 1.92. The second-order valence-corrected chi connectivity index (χ2v) is 3.01. The molecule has 0 bridgehead atoms. The zero-order chi connectivity index (χ0) is 7.56. The molecule has 4 heteroatoms.